The molecule has 0 amide bonds. The smallest absolute Gasteiger partial charge is 0.358 e. The maximum atomic E-state index is 11.3. The fraction of sp³-hybridized carbons (Fsp3) is 0.100. The zero-order valence-corrected chi connectivity index (χ0v) is 8.65. The van der Waals surface area contributed by atoms with Gasteiger partial charge in [-0.3, -0.25) is 0 Å². The molecule has 4 nitrogen and oxygen atoms in total. The van der Waals surface area contributed by atoms with E-state index >= 15 is 0 Å². The molecule has 0 atom stereocenters. The van der Waals surface area contributed by atoms with E-state index in [4.69, 9.17) is 11.6 Å². The van der Waals surface area contributed by atoms with Crippen LogP contribution in [0.25, 0.3) is 11.0 Å². The van der Waals surface area contributed by atoms with E-state index in [1.54, 1.807) is 18.3 Å². The van der Waals surface area contributed by atoms with Crippen LogP contribution >= 0.6 is 11.6 Å². The van der Waals surface area contributed by atoms with E-state index in [-0.39, 0.29) is 10.7 Å². The molecule has 5 heteroatoms. The first-order chi connectivity index (χ1) is 7.22. The molecule has 0 aromatic carbocycles. The van der Waals surface area contributed by atoms with Crippen molar-refractivity contribution in [1.29, 1.82) is 0 Å². The molecule has 0 aliphatic rings. The van der Waals surface area contributed by atoms with Gasteiger partial charge >= 0.3 is 5.97 Å². The van der Waals surface area contributed by atoms with Crippen LogP contribution in [-0.2, 0) is 4.74 Å². The predicted octanol–water partition coefficient (Wildman–Crippen LogP) is 2.07. The number of ether oxygens (including phenoxy) is 1. The summed E-state index contributed by atoms with van der Waals surface area (Å²) >= 11 is 5.89. The molecule has 2 heterocycles. The van der Waals surface area contributed by atoms with Gasteiger partial charge in [-0.15, -0.1) is 0 Å². The number of nitrogens with zero attached hydrogens (tertiary/aromatic N) is 2. The van der Waals surface area contributed by atoms with Crippen molar-refractivity contribution >= 4 is 28.6 Å². The van der Waals surface area contributed by atoms with Crippen LogP contribution in [0.3, 0.4) is 0 Å². The Morgan fingerprint density at radius 1 is 1.53 bits per heavy atom. The number of fused-ring (bicyclic) bond motifs is 1. The van der Waals surface area contributed by atoms with Crippen LogP contribution in [0.4, 0.5) is 0 Å². The molecule has 0 unspecified atom stereocenters. The third-order valence-corrected chi connectivity index (χ3v) is 2.21. The Morgan fingerprint density at radius 2 is 2.33 bits per heavy atom. The summed E-state index contributed by atoms with van der Waals surface area (Å²) in [5.41, 5.74) is 0.563. The zero-order chi connectivity index (χ0) is 10.8. The lowest BCUT2D eigenvalue weighted by molar-refractivity contribution is 0.0594. The van der Waals surface area contributed by atoms with Crippen LogP contribution in [0.2, 0.25) is 5.02 Å². The first-order valence-electron chi connectivity index (χ1n) is 4.22. The Hall–Kier alpha value is -1.68. The fourth-order valence-electron chi connectivity index (χ4n) is 1.22. The van der Waals surface area contributed by atoms with Gasteiger partial charge in [0.05, 0.1) is 12.1 Å². The van der Waals surface area contributed by atoms with Crippen molar-refractivity contribution in [3.05, 3.63) is 35.1 Å². The van der Waals surface area contributed by atoms with Crippen molar-refractivity contribution in [3.8, 4) is 0 Å². The number of pyridine rings is 2. The van der Waals surface area contributed by atoms with Gasteiger partial charge in [0.15, 0.2) is 11.3 Å². The number of hydrogen-bond acceptors (Lipinski definition) is 4. The molecule has 76 valence electrons. The first-order valence-corrected chi connectivity index (χ1v) is 4.60. The van der Waals surface area contributed by atoms with E-state index in [0.717, 1.165) is 5.39 Å². The van der Waals surface area contributed by atoms with Gasteiger partial charge in [-0.25, -0.2) is 14.8 Å². The van der Waals surface area contributed by atoms with E-state index in [0.29, 0.717) is 5.65 Å². The quantitative estimate of drug-likeness (QED) is 0.693. The number of aromatic nitrogens is 2. The van der Waals surface area contributed by atoms with Crippen molar-refractivity contribution in [2.75, 3.05) is 7.11 Å². The minimum atomic E-state index is -0.562. The highest BCUT2D eigenvalue weighted by Gasteiger charge is 2.13. The molecule has 0 bridgehead atoms. The molecule has 0 saturated heterocycles. The second-order valence-electron chi connectivity index (χ2n) is 2.86. The van der Waals surface area contributed by atoms with Crippen molar-refractivity contribution in [2.24, 2.45) is 0 Å². The zero-order valence-electron chi connectivity index (χ0n) is 7.90. The van der Waals surface area contributed by atoms with Gasteiger partial charge in [-0.1, -0.05) is 11.6 Å². The molecule has 0 radical (unpaired) electrons. The highest BCUT2D eigenvalue weighted by Crippen LogP contribution is 2.19. The largest absolute Gasteiger partial charge is 0.464 e. The van der Waals surface area contributed by atoms with Crippen LogP contribution in [0.1, 0.15) is 10.5 Å². The Kier molecular flexibility index (Phi) is 2.51. The highest BCUT2D eigenvalue weighted by molar-refractivity contribution is 6.33. The second-order valence-corrected chi connectivity index (χ2v) is 3.27. The first kappa shape index (κ1) is 9.86. The van der Waals surface area contributed by atoms with Gasteiger partial charge in [0.1, 0.15) is 0 Å². The third kappa shape index (κ3) is 1.76. The van der Waals surface area contributed by atoms with E-state index in [1.807, 2.05) is 6.07 Å². The fourth-order valence-corrected chi connectivity index (χ4v) is 1.46. The average Bonchev–Trinajstić information content (AvgIpc) is 2.27. The molecule has 15 heavy (non-hydrogen) atoms. The van der Waals surface area contributed by atoms with Crippen LogP contribution in [0, 0.1) is 0 Å². The highest BCUT2D eigenvalue weighted by atomic mass is 35.5. The molecular formula is C10H7ClN2O2. The molecule has 0 fully saturated rings. The van der Waals surface area contributed by atoms with Crippen LogP contribution < -0.4 is 0 Å². The van der Waals surface area contributed by atoms with Crippen LogP contribution in [-0.4, -0.2) is 23.0 Å². The van der Waals surface area contributed by atoms with Gasteiger partial charge in [-0.05, 0) is 18.2 Å². The van der Waals surface area contributed by atoms with Crippen molar-refractivity contribution in [2.45, 2.75) is 0 Å². The Labute approximate surface area is 90.9 Å². The van der Waals surface area contributed by atoms with E-state index in [9.17, 15) is 4.79 Å². The number of methoxy groups -OCH3 is 1. The maximum absolute atomic E-state index is 11.3. The molecular weight excluding hydrogens is 216 g/mol. The summed E-state index contributed by atoms with van der Waals surface area (Å²) in [6, 6.07) is 5.24. The average molecular weight is 223 g/mol. The SMILES string of the molecule is COC(=O)c1nc2ncccc2cc1Cl. The summed E-state index contributed by atoms with van der Waals surface area (Å²) in [5, 5.41) is 1.05. The van der Waals surface area contributed by atoms with Crippen LogP contribution in [0.5, 0.6) is 0 Å². The van der Waals surface area contributed by atoms with Crippen molar-refractivity contribution in [1.82, 2.24) is 9.97 Å². The lowest BCUT2D eigenvalue weighted by atomic mass is 10.2. The topological polar surface area (TPSA) is 52.1 Å². The van der Waals surface area contributed by atoms with E-state index < -0.39 is 5.97 Å². The normalized spacial score (nSPS) is 10.3. The molecule has 0 saturated carbocycles. The number of carbonyl (C=O) groups is 1. The summed E-state index contributed by atoms with van der Waals surface area (Å²) < 4.78 is 4.55. The molecule has 0 N–H and O–H groups in total. The summed E-state index contributed by atoms with van der Waals surface area (Å²) in [7, 11) is 1.28. The Morgan fingerprint density at radius 3 is 3.07 bits per heavy atom. The molecule has 0 spiro atoms. The van der Waals surface area contributed by atoms with Crippen molar-refractivity contribution < 1.29 is 9.53 Å². The van der Waals surface area contributed by atoms with E-state index in [2.05, 4.69) is 14.7 Å². The Balaban J connectivity index is 2.67. The molecule has 2 aromatic heterocycles. The molecule has 0 aliphatic carbocycles. The standard InChI is InChI=1S/C10H7ClN2O2/c1-15-10(14)8-7(11)5-6-3-2-4-12-9(6)13-8/h2-5H,1H3. The summed E-state index contributed by atoms with van der Waals surface area (Å²) in [5.74, 6) is -0.562. The predicted molar refractivity (Wildman–Crippen MR) is 55.9 cm³/mol. The van der Waals surface area contributed by atoms with Crippen LogP contribution in [0.15, 0.2) is 24.4 Å². The Bertz CT molecular complexity index is 528. The summed E-state index contributed by atoms with van der Waals surface area (Å²) in [4.78, 5) is 19.3. The monoisotopic (exact) mass is 222 g/mol. The minimum Gasteiger partial charge on any atom is -0.464 e. The molecule has 0 aliphatic heterocycles. The number of hydrogen-bond donors (Lipinski definition) is 0. The second kappa shape index (κ2) is 3.82. The number of rotatable bonds is 1. The van der Waals surface area contributed by atoms with Gasteiger partial charge in [0, 0.05) is 11.6 Å². The van der Waals surface area contributed by atoms with Gasteiger partial charge < -0.3 is 4.74 Å². The minimum absolute atomic E-state index is 0.0883. The molecule has 2 aromatic rings. The van der Waals surface area contributed by atoms with Crippen molar-refractivity contribution in [3.63, 3.8) is 0 Å². The van der Waals surface area contributed by atoms with Gasteiger partial charge in [-0.2, -0.15) is 0 Å². The van der Waals surface area contributed by atoms with E-state index in [1.165, 1.54) is 7.11 Å². The van der Waals surface area contributed by atoms with Gasteiger partial charge in [0.25, 0.3) is 0 Å². The maximum Gasteiger partial charge on any atom is 0.358 e. The third-order valence-electron chi connectivity index (χ3n) is 1.92. The number of esters is 1. The lowest BCUT2D eigenvalue weighted by Gasteiger charge is -2.02. The summed E-state index contributed by atoms with van der Waals surface area (Å²) in [6.07, 6.45) is 1.60. The summed E-state index contributed by atoms with van der Waals surface area (Å²) in [6.45, 7) is 0. The number of carbonyl (C=O) groups excluding carboxylic acids is 1. The lowest BCUT2D eigenvalue weighted by Crippen LogP contribution is -2.05. The van der Waals surface area contributed by atoms with Gasteiger partial charge in [0.2, 0.25) is 0 Å². The number of halogens is 1. The molecule has 2 rings (SSSR count).